The van der Waals surface area contributed by atoms with Crippen molar-refractivity contribution in [1.82, 2.24) is 10.2 Å². The Hall–Kier alpha value is -3.66. The lowest BCUT2D eigenvalue weighted by Crippen LogP contribution is -2.52. The number of hydrogen-bond acceptors (Lipinski definition) is 8. The highest BCUT2D eigenvalue weighted by molar-refractivity contribution is 5.68. The van der Waals surface area contributed by atoms with Gasteiger partial charge >= 0.3 is 12.2 Å². The van der Waals surface area contributed by atoms with Crippen molar-refractivity contribution in [3.63, 3.8) is 0 Å². The summed E-state index contributed by atoms with van der Waals surface area (Å²) in [6, 6.07) is 15.3. The maximum absolute atomic E-state index is 12.8. The fourth-order valence-corrected chi connectivity index (χ4v) is 4.08. The molecule has 2 aromatic carbocycles. The van der Waals surface area contributed by atoms with Crippen molar-refractivity contribution < 1.29 is 28.7 Å². The Morgan fingerprint density at radius 3 is 2.18 bits per heavy atom. The van der Waals surface area contributed by atoms with E-state index in [1.807, 2.05) is 30.3 Å². The highest BCUT2D eigenvalue weighted by Crippen LogP contribution is 2.18. The van der Waals surface area contributed by atoms with Crippen molar-refractivity contribution in [2.75, 3.05) is 19.7 Å². The molecule has 0 aliphatic carbocycles. The lowest BCUT2D eigenvalue weighted by molar-refractivity contribution is -0.384. The second kappa shape index (κ2) is 15.1. The van der Waals surface area contributed by atoms with Crippen LogP contribution >= 0.6 is 0 Å². The third kappa shape index (κ3) is 12.2. The van der Waals surface area contributed by atoms with Crippen LogP contribution in [0, 0.1) is 16.0 Å². The van der Waals surface area contributed by atoms with Gasteiger partial charge in [0, 0.05) is 31.8 Å². The molecule has 2 rings (SSSR count). The number of alkyl carbamates (subject to hydrolysis) is 1. The van der Waals surface area contributed by atoms with Crippen LogP contribution in [0.2, 0.25) is 0 Å². The predicted molar refractivity (Wildman–Crippen MR) is 148 cm³/mol. The summed E-state index contributed by atoms with van der Waals surface area (Å²) in [6.07, 6.45) is -1.84. The summed E-state index contributed by atoms with van der Waals surface area (Å²) in [6.45, 7) is 12.7. The molecule has 0 radical (unpaired) electrons. The molecule has 0 aromatic heterocycles. The number of benzene rings is 2. The minimum atomic E-state index is -0.827. The normalized spacial score (nSPS) is 13.0. The Kier molecular flexibility index (Phi) is 12.2. The van der Waals surface area contributed by atoms with Gasteiger partial charge in [-0.2, -0.15) is 0 Å². The molecule has 0 aliphatic heterocycles. The van der Waals surface area contributed by atoms with E-state index in [4.69, 9.17) is 14.2 Å². The van der Waals surface area contributed by atoms with Gasteiger partial charge in [-0.05, 0) is 51.2 Å². The molecule has 0 spiro atoms. The maximum Gasteiger partial charge on any atom is 0.508 e. The van der Waals surface area contributed by atoms with Crippen molar-refractivity contribution in [1.29, 1.82) is 0 Å². The predicted octanol–water partition coefficient (Wildman–Crippen LogP) is 5.73. The Balaban J connectivity index is 2.38. The molecule has 0 heterocycles. The quantitative estimate of drug-likeness (QED) is 0.193. The minimum Gasteiger partial charge on any atom is -0.444 e. The number of ether oxygens (including phenoxy) is 3. The molecule has 214 valence electrons. The number of nitrogens with one attached hydrogen (secondary N) is 1. The van der Waals surface area contributed by atoms with Gasteiger partial charge in [-0.15, -0.1) is 0 Å². The molecular formula is C29H41N3O7. The molecule has 0 bridgehead atoms. The maximum atomic E-state index is 12.8. The van der Waals surface area contributed by atoms with E-state index in [2.05, 4.69) is 24.1 Å². The topological polar surface area (TPSA) is 120 Å². The number of non-ortho nitro benzene ring substituents is 1. The summed E-state index contributed by atoms with van der Waals surface area (Å²) < 4.78 is 16.4. The molecule has 10 heteroatoms. The van der Waals surface area contributed by atoms with Gasteiger partial charge in [-0.3, -0.25) is 15.0 Å². The highest BCUT2D eigenvalue weighted by Gasteiger charge is 2.31. The molecule has 1 N–H and O–H groups in total. The van der Waals surface area contributed by atoms with Crippen LogP contribution in [-0.2, 0) is 27.2 Å². The third-order valence-electron chi connectivity index (χ3n) is 5.57. The van der Waals surface area contributed by atoms with Crippen molar-refractivity contribution >= 4 is 17.9 Å². The molecule has 2 aromatic rings. The van der Waals surface area contributed by atoms with E-state index in [1.54, 1.807) is 39.8 Å². The summed E-state index contributed by atoms with van der Waals surface area (Å²) in [5.74, 6) is 0.276. The Bertz CT molecular complexity index is 1050. The number of nitro benzene ring substituents is 1. The van der Waals surface area contributed by atoms with Gasteiger partial charge < -0.3 is 19.5 Å². The van der Waals surface area contributed by atoms with Crippen LogP contribution in [0.5, 0.6) is 0 Å². The van der Waals surface area contributed by atoms with E-state index < -0.39 is 34.9 Å². The lowest BCUT2D eigenvalue weighted by Gasteiger charge is -2.33. The molecular weight excluding hydrogens is 502 g/mol. The van der Waals surface area contributed by atoms with E-state index in [1.165, 1.54) is 12.1 Å². The first-order valence-corrected chi connectivity index (χ1v) is 13.2. The largest absolute Gasteiger partial charge is 0.508 e. The van der Waals surface area contributed by atoms with Crippen LogP contribution in [0.25, 0.3) is 0 Å². The standard InChI is InChI=1S/C29H41N3O7/c1-7-37-28(34)38-26(20-31(18-21(2)3)19-23-13-15-24(16-14-23)32(35)36)25(17-22-11-9-8-10-12-22)30-27(33)39-29(4,5)6/h8-16,21,25-26H,7,17-20H2,1-6H3,(H,30,33). The van der Waals surface area contributed by atoms with Crippen molar-refractivity contribution in [2.24, 2.45) is 5.92 Å². The number of carbonyl (C=O) groups excluding carboxylic acids is 2. The van der Waals surface area contributed by atoms with Gasteiger partial charge in [0.05, 0.1) is 17.6 Å². The molecule has 0 fully saturated rings. The zero-order valence-corrected chi connectivity index (χ0v) is 23.7. The SMILES string of the molecule is CCOC(=O)OC(CN(Cc1ccc([N+](=O)[O-])cc1)CC(C)C)C(Cc1ccccc1)NC(=O)OC(C)(C)C. The first kappa shape index (κ1) is 31.6. The van der Waals surface area contributed by atoms with Crippen LogP contribution in [0.3, 0.4) is 0 Å². The van der Waals surface area contributed by atoms with Crippen LogP contribution in [0.4, 0.5) is 15.3 Å². The average molecular weight is 544 g/mol. The summed E-state index contributed by atoms with van der Waals surface area (Å²) in [4.78, 5) is 38.1. The van der Waals surface area contributed by atoms with Gasteiger partial charge in [-0.1, -0.05) is 56.3 Å². The number of amides is 1. The molecule has 39 heavy (non-hydrogen) atoms. The molecule has 1 amide bonds. The van der Waals surface area contributed by atoms with Gasteiger partial charge in [0.15, 0.2) is 0 Å². The average Bonchev–Trinajstić information content (AvgIpc) is 2.83. The summed E-state index contributed by atoms with van der Waals surface area (Å²) in [7, 11) is 0. The van der Waals surface area contributed by atoms with E-state index in [0.29, 0.717) is 19.5 Å². The summed E-state index contributed by atoms with van der Waals surface area (Å²) in [5.41, 5.74) is 1.12. The number of carbonyl (C=O) groups is 2. The zero-order chi connectivity index (χ0) is 29.0. The molecule has 2 unspecified atom stereocenters. The second-order valence-corrected chi connectivity index (χ2v) is 10.8. The van der Waals surface area contributed by atoms with Gasteiger partial charge in [0.25, 0.3) is 5.69 Å². The van der Waals surface area contributed by atoms with Crippen LogP contribution in [0.1, 0.15) is 52.7 Å². The second-order valence-electron chi connectivity index (χ2n) is 10.8. The van der Waals surface area contributed by atoms with Crippen LogP contribution < -0.4 is 5.32 Å². The first-order valence-electron chi connectivity index (χ1n) is 13.2. The van der Waals surface area contributed by atoms with Crippen LogP contribution in [-0.4, -0.2) is 59.5 Å². The number of rotatable bonds is 13. The zero-order valence-electron chi connectivity index (χ0n) is 23.7. The fraction of sp³-hybridized carbons (Fsp3) is 0.517. The fourth-order valence-electron chi connectivity index (χ4n) is 4.08. The van der Waals surface area contributed by atoms with Crippen molar-refractivity contribution in [3.8, 4) is 0 Å². The Morgan fingerprint density at radius 1 is 1.00 bits per heavy atom. The monoisotopic (exact) mass is 543 g/mol. The Morgan fingerprint density at radius 2 is 1.64 bits per heavy atom. The van der Waals surface area contributed by atoms with Crippen LogP contribution in [0.15, 0.2) is 54.6 Å². The number of nitro groups is 1. The molecule has 0 aliphatic rings. The van der Waals surface area contributed by atoms with E-state index in [-0.39, 0.29) is 24.8 Å². The van der Waals surface area contributed by atoms with E-state index >= 15 is 0 Å². The smallest absolute Gasteiger partial charge is 0.444 e. The molecule has 2 atom stereocenters. The Labute approximate surface area is 230 Å². The minimum absolute atomic E-state index is 0.0159. The summed E-state index contributed by atoms with van der Waals surface area (Å²) in [5, 5.41) is 14.0. The van der Waals surface area contributed by atoms with Crippen molar-refractivity contribution in [3.05, 3.63) is 75.8 Å². The number of hydrogen-bond donors (Lipinski definition) is 1. The van der Waals surface area contributed by atoms with E-state index in [0.717, 1.165) is 11.1 Å². The molecule has 10 nitrogen and oxygen atoms in total. The molecule has 0 saturated carbocycles. The van der Waals surface area contributed by atoms with Gasteiger partial charge in [-0.25, -0.2) is 9.59 Å². The first-order chi connectivity index (χ1) is 18.4. The number of nitrogens with zero attached hydrogens (tertiary/aromatic N) is 2. The molecule has 0 saturated heterocycles. The van der Waals surface area contributed by atoms with Gasteiger partial charge in [0.2, 0.25) is 0 Å². The summed E-state index contributed by atoms with van der Waals surface area (Å²) >= 11 is 0. The van der Waals surface area contributed by atoms with Gasteiger partial charge in [0.1, 0.15) is 11.7 Å². The highest BCUT2D eigenvalue weighted by atomic mass is 16.7. The van der Waals surface area contributed by atoms with E-state index in [9.17, 15) is 19.7 Å². The van der Waals surface area contributed by atoms with Crippen molar-refractivity contribution in [2.45, 2.75) is 72.3 Å². The third-order valence-corrected chi connectivity index (χ3v) is 5.57. The lowest BCUT2D eigenvalue weighted by atomic mass is 10.00.